The van der Waals surface area contributed by atoms with Gasteiger partial charge in [-0.25, -0.2) is 4.98 Å². The van der Waals surface area contributed by atoms with Crippen molar-refractivity contribution in [2.24, 2.45) is 7.05 Å². The normalized spacial score (nSPS) is 13.2. The van der Waals surface area contributed by atoms with Crippen LogP contribution in [0.4, 0.5) is 0 Å². The van der Waals surface area contributed by atoms with E-state index in [1.807, 2.05) is 18.7 Å². The molecule has 3 heterocycles. The quantitative estimate of drug-likeness (QED) is 0.688. The van der Waals surface area contributed by atoms with Gasteiger partial charge in [0.05, 0.1) is 17.6 Å². The summed E-state index contributed by atoms with van der Waals surface area (Å²) in [6.45, 7) is 4.86. The molecule has 0 aromatic carbocycles. The molecule has 1 atom stereocenters. The molecule has 0 fully saturated rings. The summed E-state index contributed by atoms with van der Waals surface area (Å²) in [5.41, 5.74) is 3.07. The van der Waals surface area contributed by atoms with E-state index in [-0.39, 0.29) is 5.38 Å². The number of hydrogen-bond donors (Lipinski definition) is 0. The molecule has 3 aromatic heterocycles. The van der Waals surface area contributed by atoms with Gasteiger partial charge in [-0.1, -0.05) is 13.0 Å². The first-order chi connectivity index (χ1) is 9.61. The lowest BCUT2D eigenvalue weighted by Gasteiger charge is -2.09. The number of hydrogen-bond acceptors (Lipinski definition) is 3. The number of halogens is 1. The molecule has 0 aliphatic rings. The van der Waals surface area contributed by atoms with Crippen LogP contribution in [-0.2, 0) is 20.0 Å². The monoisotopic (exact) mass is 308 g/mol. The molecular weight excluding hydrogens is 292 g/mol. The lowest BCUT2D eigenvalue weighted by Crippen LogP contribution is -2.08. The van der Waals surface area contributed by atoms with Crippen LogP contribution < -0.4 is 0 Å². The molecular formula is C14H17ClN4S. The third-order valence-corrected chi connectivity index (χ3v) is 4.46. The van der Waals surface area contributed by atoms with Crippen LogP contribution in [0.1, 0.15) is 35.6 Å². The van der Waals surface area contributed by atoms with Gasteiger partial charge in [0, 0.05) is 11.9 Å². The summed E-state index contributed by atoms with van der Waals surface area (Å²) >= 11 is 8.06. The number of aryl methyl sites for hydroxylation is 2. The van der Waals surface area contributed by atoms with Gasteiger partial charge < -0.3 is 4.57 Å². The molecule has 106 valence electrons. The van der Waals surface area contributed by atoms with Crippen molar-refractivity contribution < 1.29 is 0 Å². The summed E-state index contributed by atoms with van der Waals surface area (Å²) in [4.78, 5) is 6.03. The average Bonchev–Trinajstić information content (AvgIpc) is 3.08. The van der Waals surface area contributed by atoms with E-state index in [2.05, 4.69) is 34.1 Å². The number of alkyl halides is 1. The van der Waals surface area contributed by atoms with Gasteiger partial charge in [0.1, 0.15) is 11.3 Å². The van der Waals surface area contributed by atoms with Crippen molar-refractivity contribution in [2.75, 3.05) is 0 Å². The standard InChI is InChI=1S/C14H17ClN4S/c1-4-11-12-14(18(3)17-11)19(13(16-12)9(2)15)8-10-6-5-7-20-10/h5-7,9H,4,8H2,1-3H3. The predicted molar refractivity (Wildman–Crippen MR) is 83.6 cm³/mol. The van der Waals surface area contributed by atoms with Crippen LogP contribution in [0.3, 0.4) is 0 Å². The topological polar surface area (TPSA) is 35.6 Å². The Kier molecular flexibility index (Phi) is 3.56. The second-order valence-electron chi connectivity index (χ2n) is 4.85. The van der Waals surface area contributed by atoms with Crippen LogP contribution in [0.2, 0.25) is 0 Å². The first-order valence-electron chi connectivity index (χ1n) is 6.70. The predicted octanol–water partition coefficient (Wildman–Crippen LogP) is 3.74. The van der Waals surface area contributed by atoms with E-state index in [4.69, 9.17) is 16.6 Å². The molecule has 3 rings (SSSR count). The minimum absolute atomic E-state index is 0.118. The van der Waals surface area contributed by atoms with E-state index in [1.165, 1.54) is 4.88 Å². The summed E-state index contributed by atoms with van der Waals surface area (Å²) < 4.78 is 4.10. The SMILES string of the molecule is CCc1nn(C)c2c1nc(C(C)Cl)n2Cc1cccs1. The maximum atomic E-state index is 6.32. The summed E-state index contributed by atoms with van der Waals surface area (Å²) in [5.74, 6) is 0.915. The van der Waals surface area contributed by atoms with Gasteiger partial charge in [0.15, 0.2) is 5.65 Å². The van der Waals surface area contributed by atoms with Crippen molar-refractivity contribution in [3.05, 3.63) is 33.9 Å². The Morgan fingerprint density at radius 2 is 2.25 bits per heavy atom. The third-order valence-electron chi connectivity index (χ3n) is 3.41. The van der Waals surface area contributed by atoms with E-state index in [9.17, 15) is 0 Å². The molecule has 0 spiro atoms. The molecule has 20 heavy (non-hydrogen) atoms. The highest BCUT2D eigenvalue weighted by Crippen LogP contribution is 2.28. The van der Waals surface area contributed by atoms with Crippen LogP contribution >= 0.6 is 22.9 Å². The number of imidazole rings is 1. The summed E-state index contributed by atoms with van der Waals surface area (Å²) in [6, 6.07) is 4.20. The van der Waals surface area contributed by atoms with Gasteiger partial charge in [-0.15, -0.1) is 22.9 Å². The zero-order valence-electron chi connectivity index (χ0n) is 11.8. The van der Waals surface area contributed by atoms with Crippen molar-refractivity contribution in [1.82, 2.24) is 19.3 Å². The molecule has 0 aliphatic carbocycles. The second-order valence-corrected chi connectivity index (χ2v) is 6.53. The summed E-state index contributed by atoms with van der Waals surface area (Å²) in [5, 5.41) is 6.53. The van der Waals surface area contributed by atoms with E-state index in [1.54, 1.807) is 11.3 Å². The molecule has 3 aromatic rings. The largest absolute Gasteiger partial charge is 0.306 e. The summed E-state index contributed by atoms with van der Waals surface area (Å²) in [6.07, 6.45) is 0.878. The molecule has 0 amide bonds. The van der Waals surface area contributed by atoms with Gasteiger partial charge in [-0.3, -0.25) is 4.68 Å². The molecule has 0 N–H and O–H groups in total. The van der Waals surface area contributed by atoms with Gasteiger partial charge in [-0.2, -0.15) is 5.10 Å². The van der Waals surface area contributed by atoms with E-state index in [0.29, 0.717) is 0 Å². The van der Waals surface area contributed by atoms with Gasteiger partial charge >= 0.3 is 0 Å². The second kappa shape index (κ2) is 5.22. The zero-order chi connectivity index (χ0) is 14.3. The first-order valence-corrected chi connectivity index (χ1v) is 8.01. The van der Waals surface area contributed by atoms with Crippen molar-refractivity contribution in [3.63, 3.8) is 0 Å². The lowest BCUT2D eigenvalue weighted by molar-refractivity contribution is 0.687. The van der Waals surface area contributed by atoms with Gasteiger partial charge in [0.25, 0.3) is 0 Å². The van der Waals surface area contributed by atoms with Crippen LogP contribution in [0.25, 0.3) is 11.2 Å². The number of aromatic nitrogens is 4. The first kappa shape index (κ1) is 13.6. The smallest absolute Gasteiger partial charge is 0.159 e. The average molecular weight is 309 g/mol. The van der Waals surface area contributed by atoms with Crippen molar-refractivity contribution in [1.29, 1.82) is 0 Å². The summed E-state index contributed by atoms with van der Waals surface area (Å²) in [7, 11) is 1.97. The van der Waals surface area contributed by atoms with Crippen molar-refractivity contribution in [2.45, 2.75) is 32.2 Å². The molecule has 0 bridgehead atoms. The number of thiophene rings is 1. The molecule has 4 nitrogen and oxygen atoms in total. The maximum absolute atomic E-state index is 6.32. The number of fused-ring (bicyclic) bond motifs is 1. The number of nitrogens with zero attached hydrogens (tertiary/aromatic N) is 4. The molecule has 0 saturated carbocycles. The van der Waals surface area contributed by atoms with Crippen LogP contribution in [-0.4, -0.2) is 19.3 Å². The maximum Gasteiger partial charge on any atom is 0.159 e. The lowest BCUT2D eigenvalue weighted by atomic mass is 10.3. The Balaban J connectivity index is 2.20. The van der Waals surface area contributed by atoms with E-state index >= 15 is 0 Å². The van der Waals surface area contributed by atoms with Gasteiger partial charge in [-0.05, 0) is 24.8 Å². The highest BCUT2D eigenvalue weighted by atomic mass is 35.5. The Hall–Kier alpha value is -1.33. The highest BCUT2D eigenvalue weighted by Gasteiger charge is 2.21. The van der Waals surface area contributed by atoms with Crippen LogP contribution in [0.15, 0.2) is 17.5 Å². The fourth-order valence-electron chi connectivity index (χ4n) is 2.51. The van der Waals surface area contributed by atoms with Crippen molar-refractivity contribution >= 4 is 34.1 Å². The highest BCUT2D eigenvalue weighted by molar-refractivity contribution is 7.09. The molecule has 6 heteroatoms. The molecule has 0 aliphatic heterocycles. The Morgan fingerprint density at radius 3 is 2.85 bits per heavy atom. The Labute approximate surface area is 127 Å². The zero-order valence-corrected chi connectivity index (χ0v) is 13.4. The van der Waals surface area contributed by atoms with E-state index < -0.39 is 0 Å². The minimum atomic E-state index is -0.118. The fourth-order valence-corrected chi connectivity index (χ4v) is 3.37. The molecule has 0 radical (unpaired) electrons. The van der Waals surface area contributed by atoms with E-state index in [0.717, 1.165) is 35.6 Å². The fraction of sp³-hybridized carbons (Fsp3) is 0.429. The minimum Gasteiger partial charge on any atom is -0.306 e. The van der Waals surface area contributed by atoms with Crippen LogP contribution in [0, 0.1) is 0 Å². The Bertz CT molecular complexity index is 724. The molecule has 0 saturated heterocycles. The number of rotatable bonds is 4. The van der Waals surface area contributed by atoms with Crippen molar-refractivity contribution in [3.8, 4) is 0 Å². The third kappa shape index (κ3) is 2.15. The molecule has 1 unspecified atom stereocenters. The van der Waals surface area contributed by atoms with Gasteiger partial charge in [0.2, 0.25) is 0 Å². The van der Waals surface area contributed by atoms with Crippen LogP contribution in [0.5, 0.6) is 0 Å². The Morgan fingerprint density at radius 1 is 1.45 bits per heavy atom.